The third-order valence-corrected chi connectivity index (χ3v) is 3.62. The molecule has 3 rings (SSSR count). The van der Waals surface area contributed by atoms with Gasteiger partial charge in [0.2, 0.25) is 0 Å². The van der Waals surface area contributed by atoms with Crippen LogP contribution in [-0.2, 0) is 15.1 Å². The molecule has 0 saturated carbocycles. The van der Waals surface area contributed by atoms with Crippen LogP contribution in [0.5, 0.6) is 0 Å². The number of halogens is 1. The Morgan fingerprint density at radius 2 is 2.47 bits per heavy atom. The smallest absolute Gasteiger partial charge is 0.163 e. The lowest BCUT2D eigenvalue weighted by Crippen LogP contribution is -2.21. The molecule has 5 heteroatoms. The number of aromatic nitrogens is 2. The highest BCUT2D eigenvalue weighted by atomic mass is 79.9. The van der Waals surface area contributed by atoms with E-state index in [2.05, 4.69) is 34.9 Å². The second-order valence-corrected chi connectivity index (χ2v) is 5.24. The quantitative estimate of drug-likeness (QED) is 0.772. The van der Waals surface area contributed by atoms with Gasteiger partial charge in [-0.2, -0.15) is 5.10 Å². The maximum absolute atomic E-state index is 5.74. The van der Waals surface area contributed by atoms with E-state index in [1.54, 1.807) is 0 Å². The van der Waals surface area contributed by atoms with Crippen molar-refractivity contribution in [3.63, 3.8) is 0 Å². The first-order valence-corrected chi connectivity index (χ1v) is 5.93. The molecule has 4 nitrogen and oxygen atoms in total. The third kappa shape index (κ3) is 1.23. The van der Waals surface area contributed by atoms with Crippen LogP contribution in [0.2, 0.25) is 0 Å². The first-order chi connectivity index (χ1) is 7.15. The average molecular weight is 273 g/mol. The third-order valence-electron chi connectivity index (χ3n) is 3.04. The second kappa shape index (κ2) is 3.06. The van der Waals surface area contributed by atoms with Crippen molar-refractivity contribution in [2.45, 2.75) is 31.6 Å². The number of rotatable bonds is 2. The van der Waals surface area contributed by atoms with Gasteiger partial charge in [-0.25, -0.2) is 0 Å². The van der Waals surface area contributed by atoms with Gasteiger partial charge in [-0.05, 0) is 29.8 Å². The molecule has 1 aromatic heterocycles. The largest absolute Gasteiger partial charge is 0.375 e. The van der Waals surface area contributed by atoms with Crippen LogP contribution in [0.15, 0.2) is 10.7 Å². The summed E-state index contributed by atoms with van der Waals surface area (Å²) in [5.74, 6) is 0. The summed E-state index contributed by atoms with van der Waals surface area (Å²) in [6.07, 6.45) is 2.06. The summed E-state index contributed by atoms with van der Waals surface area (Å²) >= 11 is 3.54. The van der Waals surface area contributed by atoms with Gasteiger partial charge in [-0.15, -0.1) is 0 Å². The van der Waals surface area contributed by atoms with Crippen LogP contribution in [0, 0.1) is 0 Å². The van der Waals surface area contributed by atoms with E-state index >= 15 is 0 Å². The first kappa shape index (κ1) is 9.81. The van der Waals surface area contributed by atoms with Gasteiger partial charge in [0.15, 0.2) is 5.60 Å². The van der Waals surface area contributed by atoms with E-state index in [1.165, 1.54) is 0 Å². The van der Waals surface area contributed by atoms with Crippen LogP contribution in [0.25, 0.3) is 0 Å². The van der Waals surface area contributed by atoms with Gasteiger partial charge < -0.3 is 9.47 Å². The molecule has 0 radical (unpaired) electrons. The predicted molar refractivity (Wildman–Crippen MR) is 57.7 cm³/mol. The Morgan fingerprint density at radius 3 is 3.00 bits per heavy atom. The van der Waals surface area contributed by atoms with Crippen molar-refractivity contribution in [3.8, 4) is 0 Å². The summed E-state index contributed by atoms with van der Waals surface area (Å²) < 4.78 is 14.2. The highest BCUT2D eigenvalue weighted by molar-refractivity contribution is 9.10. The van der Waals surface area contributed by atoms with E-state index in [-0.39, 0.29) is 11.7 Å². The molecule has 0 bridgehead atoms. The summed E-state index contributed by atoms with van der Waals surface area (Å²) in [6, 6.07) is 0.339. The van der Waals surface area contributed by atoms with Gasteiger partial charge in [0.1, 0.15) is 6.10 Å². The van der Waals surface area contributed by atoms with E-state index in [1.807, 2.05) is 10.9 Å². The summed E-state index contributed by atoms with van der Waals surface area (Å²) in [6.45, 7) is 5.59. The van der Waals surface area contributed by atoms with E-state index in [4.69, 9.17) is 9.47 Å². The SMILES string of the molecule is CC(C)n1ncc(Br)c1[C@@]12COC[C@H]1O2. The zero-order valence-corrected chi connectivity index (χ0v) is 10.3. The van der Waals surface area contributed by atoms with Gasteiger partial charge >= 0.3 is 0 Å². The Balaban J connectivity index is 2.07. The van der Waals surface area contributed by atoms with Crippen LogP contribution in [0.1, 0.15) is 25.6 Å². The monoisotopic (exact) mass is 272 g/mol. The van der Waals surface area contributed by atoms with Crippen molar-refractivity contribution in [1.29, 1.82) is 0 Å². The number of fused-ring (bicyclic) bond motifs is 1. The molecule has 82 valence electrons. The van der Waals surface area contributed by atoms with Crippen LogP contribution >= 0.6 is 15.9 Å². The van der Waals surface area contributed by atoms with E-state index in [9.17, 15) is 0 Å². The lowest BCUT2D eigenvalue weighted by atomic mass is 10.0. The molecule has 0 unspecified atom stereocenters. The average Bonchev–Trinajstić information content (AvgIpc) is 2.59. The highest BCUT2D eigenvalue weighted by Gasteiger charge is 2.64. The number of nitrogens with zero attached hydrogens (tertiary/aromatic N) is 2. The van der Waals surface area contributed by atoms with Crippen molar-refractivity contribution < 1.29 is 9.47 Å². The number of ether oxygens (including phenoxy) is 2. The molecule has 15 heavy (non-hydrogen) atoms. The number of epoxide rings is 1. The van der Waals surface area contributed by atoms with E-state index in [0.717, 1.165) is 10.2 Å². The summed E-state index contributed by atoms with van der Waals surface area (Å²) in [5, 5.41) is 4.37. The standard InChI is InChI=1S/C10H13BrN2O2/c1-6(2)13-9(7(11)3-12-13)10-5-14-4-8(10)15-10/h3,6,8H,4-5H2,1-2H3/t8-,10-/m1/s1. The Hall–Kier alpha value is -0.390. The van der Waals surface area contributed by atoms with Gasteiger partial charge in [0.25, 0.3) is 0 Å². The molecule has 0 amide bonds. The van der Waals surface area contributed by atoms with Crippen molar-refractivity contribution >= 4 is 15.9 Å². The van der Waals surface area contributed by atoms with Crippen LogP contribution < -0.4 is 0 Å². The molecule has 2 atom stereocenters. The summed E-state index contributed by atoms with van der Waals surface area (Å²) in [5.41, 5.74) is 0.902. The molecule has 0 N–H and O–H groups in total. The second-order valence-electron chi connectivity index (χ2n) is 4.39. The Bertz CT molecular complexity index is 404. The minimum absolute atomic E-state index is 0.223. The van der Waals surface area contributed by atoms with Crippen molar-refractivity contribution in [1.82, 2.24) is 9.78 Å². The molecule has 2 aliphatic rings. The lowest BCUT2D eigenvalue weighted by molar-refractivity contribution is 0.0655. The van der Waals surface area contributed by atoms with Gasteiger partial charge in [-0.1, -0.05) is 0 Å². The maximum atomic E-state index is 5.74. The van der Waals surface area contributed by atoms with Crippen molar-refractivity contribution in [3.05, 3.63) is 16.4 Å². The normalized spacial score (nSPS) is 33.5. The molecule has 2 fully saturated rings. The van der Waals surface area contributed by atoms with E-state index in [0.29, 0.717) is 19.3 Å². The number of hydrogen-bond acceptors (Lipinski definition) is 3. The molecule has 3 heterocycles. The fraction of sp³-hybridized carbons (Fsp3) is 0.700. The van der Waals surface area contributed by atoms with Crippen LogP contribution in [-0.4, -0.2) is 29.1 Å². The zero-order valence-electron chi connectivity index (χ0n) is 8.74. The zero-order chi connectivity index (χ0) is 10.6. The maximum Gasteiger partial charge on any atom is 0.163 e. The molecule has 0 aliphatic carbocycles. The first-order valence-electron chi connectivity index (χ1n) is 5.14. The van der Waals surface area contributed by atoms with E-state index < -0.39 is 0 Å². The van der Waals surface area contributed by atoms with Gasteiger partial charge in [-0.3, -0.25) is 4.68 Å². The topological polar surface area (TPSA) is 39.6 Å². The summed E-state index contributed by atoms with van der Waals surface area (Å²) in [7, 11) is 0. The Morgan fingerprint density at radius 1 is 1.67 bits per heavy atom. The highest BCUT2D eigenvalue weighted by Crippen LogP contribution is 2.52. The minimum atomic E-state index is -0.223. The minimum Gasteiger partial charge on any atom is -0.375 e. The van der Waals surface area contributed by atoms with Gasteiger partial charge in [0, 0.05) is 6.04 Å². The summed E-state index contributed by atoms with van der Waals surface area (Å²) in [4.78, 5) is 0. The van der Waals surface area contributed by atoms with Crippen molar-refractivity contribution in [2.24, 2.45) is 0 Å². The molecule has 0 spiro atoms. The molecular formula is C10H13BrN2O2. The van der Waals surface area contributed by atoms with Gasteiger partial charge in [0.05, 0.1) is 29.6 Å². The fourth-order valence-corrected chi connectivity index (χ4v) is 2.85. The molecule has 1 aromatic rings. The van der Waals surface area contributed by atoms with Crippen molar-refractivity contribution in [2.75, 3.05) is 13.2 Å². The molecular weight excluding hydrogens is 260 g/mol. The fourth-order valence-electron chi connectivity index (χ4n) is 2.24. The molecule has 2 saturated heterocycles. The Kier molecular flexibility index (Phi) is 2.00. The molecule has 2 aliphatic heterocycles. The Labute approximate surface area is 96.7 Å². The lowest BCUT2D eigenvalue weighted by Gasteiger charge is -2.15. The number of hydrogen-bond donors (Lipinski definition) is 0. The molecule has 0 aromatic carbocycles. The van der Waals surface area contributed by atoms with Crippen LogP contribution in [0.3, 0.4) is 0 Å². The predicted octanol–water partition coefficient (Wildman–Crippen LogP) is 1.85. The van der Waals surface area contributed by atoms with Crippen LogP contribution in [0.4, 0.5) is 0 Å².